The topological polar surface area (TPSA) is 136 Å². The van der Waals surface area contributed by atoms with E-state index in [9.17, 15) is 22.4 Å². The van der Waals surface area contributed by atoms with Gasteiger partial charge in [-0.1, -0.05) is 17.7 Å². The molecule has 0 spiro atoms. The fourth-order valence-electron chi connectivity index (χ4n) is 3.85. The maximum absolute atomic E-state index is 14.9. The molecular formula is C24H26ClFN4O6S2. The third-order valence-corrected chi connectivity index (χ3v) is 9.03. The number of nitrogens with one attached hydrogen (secondary N) is 2. The van der Waals surface area contributed by atoms with Gasteiger partial charge in [0.05, 0.1) is 5.69 Å². The average Bonchev–Trinajstić information content (AvgIpc) is 3.46. The Labute approximate surface area is 228 Å². The number of likely N-dealkylation sites (N-methyl/N-ethyl adjacent to an activating group) is 2. The summed E-state index contributed by atoms with van der Waals surface area (Å²) in [7, 11) is -0.581. The molecule has 0 bridgehead atoms. The highest BCUT2D eigenvalue weighted by molar-refractivity contribution is 7.91. The van der Waals surface area contributed by atoms with Crippen LogP contribution in [0.1, 0.15) is 16.8 Å². The molecule has 4 rings (SSSR count). The van der Waals surface area contributed by atoms with Crippen LogP contribution in [0.15, 0.2) is 46.7 Å². The van der Waals surface area contributed by atoms with Gasteiger partial charge in [-0.3, -0.25) is 14.4 Å². The lowest BCUT2D eigenvalue weighted by Crippen LogP contribution is -2.41. The first-order chi connectivity index (χ1) is 18.0. The van der Waals surface area contributed by atoms with Crippen molar-refractivity contribution >= 4 is 67.0 Å². The second-order valence-corrected chi connectivity index (χ2v) is 11.8. The first kappa shape index (κ1) is 29.5. The summed E-state index contributed by atoms with van der Waals surface area (Å²) in [4.78, 5) is 36.5. The van der Waals surface area contributed by atoms with E-state index in [1.165, 1.54) is 28.0 Å². The molecular weight excluding hydrogens is 559 g/mol. The van der Waals surface area contributed by atoms with Crippen LogP contribution in [0.3, 0.4) is 0 Å². The van der Waals surface area contributed by atoms with E-state index in [0.717, 1.165) is 22.8 Å². The molecule has 1 unspecified atom stereocenters. The number of fused-ring (bicyclic) bond motifs is 1. The average molecular weight is 585 g/mol. The van der Waals surface area contributed by atoms with E-state index in [4.69, 9.17) is 21.5 Å². The van der Waals surface area contributed by atoms with Crippen LogP contribution in [0.25, 0.3) is 10.1 Å². The Bertz CT molecular complexity index is 1450. The number of nitrogens with zero attached hydrogens (tertiary/aromatic N) is 2. The molecule has 1 aliphatic rings. The van der Waals surface area contributed by atoms with Crippen LogP contribution in [0.2, 0.25) is 5.02 Å². The summed E-state index contributed by atoms with van der Waals surface area (Å²) in [6, 6.07) is 9.51. The molecule has 2 amide bonds. The second-order valence-electron chi connectivity index (χ2n) is 8.30. The van der Waals surface area contributed by atoms with Gasteiger partial charge in [0.2, 0.25) is 5.91 Å². The number of halogens is 2. The van der Waals surface area contributed by atoms with Crippen molar-refractivity contribution in [3.05, 3.63) is 58.9 Å². The Balaban J connectivity index is 0.00000127. The molecule has 2 aromatic carbocycles. The lowest BCUT2D eigenvalue weighted by molar-refractivity contribution is -0.123. The largest absolute Gasteiger partial charge is 0.483 e. The zero-order valence-corrected chi connectivity index (χ0v) is 22.9. The van der Waals surface area contributed by atoms with E-state index in [1.54, 1.807) is 32.3 Å². The minimum Gasteiger partial charge on any atom is -0.483 e. The van der Waals surface area contributed by atoms with Crippen molar-refractivity contribution in [2.24, 2.45) is 0 Å². The molecule has 3 N–H and O–H groups in total. The van der Waals surface area contributed by atoms with Gasteiger partial charge in [-0.15, -0.1) is 11.3 Å². The minimum absolute atomic E-state index is 0.00244. The van der Waals surface area contributed by atoms with Gasteiger partial charge in [0, 0.05) is 42.0 Å². The highest BCUT2D eigenvalue weighted by atomic mass is 35.5. The molecule has 0 aliphatic carbocycles. The van der Waals surface area contributed by atoms with Gasteiger partial charge in [-0.25, -0.2) is 12.8 Å². The summed E-state index contributed by atoms with van der Waals surface area (Å²) in [6.45, 7) is 0.940. The summed E-state index contributed by atoms with van der Waals surface area (Å²) in [6.07, 6.45) is 0.182. The van der Waals surface area contributed by atoms with E-state index in [2.05, 4.69) is 10.0 Å². The number of amides is 2. The molecule has 1 saturated heterocycles. The first-order valence-corrected chi connectivity index (χ1v) is 14.0. The quantitative estimate of drug-likeness (QED) is 0.346. The Morgan fingerprint density at radius 1 is 1.29 bits per heavy atom. The van der Waals surface area contributed by atoms with Gasteiger partial charge in [0.25, 0.3) is 22.4 Å². The maximum atomic E-state index is 14.9. The Hall–Kier alpha value is -3.10. The molecule has 1 aliphatic heterocycles. The second kappa shape index (κ2) is 12.6. The van der Waals surface area contributed by atoms with Crippen molar-refractivity contribution in [2.75, 3.05) is 38.6 Å². The van der Waals surface area contributed by atoms with Gasteiger partial charge in [-0.05, 0) is 55.3 Å². The van der Waals surface area contributed by atoms with Gasteiger partial charge in [0.15, 0.2) is 0 Å². The standard InChI is InChI=1S/C23H24ClFN4O4S2.CH2O2/c1-26-8-10-28(2)22(30)15-4-6-19(17(25)11-15)29-9-7-18(23(29)31)27-35(32,33)21-12-14-3-5-16(24)13-20(14)34-21;2-1-3/h3-6,11-13,18,26-27H,7-10H2,1-2H3;1H,(H,2,3). The number of sulfonamides is 1. The van der Waals surface area contributed by atoms with Crippen LogP contribution >= 0.6 is 22.9 Å². The fourth-order valence-corrected chi connectivity index (χ4v) is 6.76. The van der Waals surface area contributed by atoms with Crippen molar-refractivity contribution in [1.82, 2.24) is 14.9 Å². The maximum Gasteiger partial charge on any atom is 0.290 e. The molecule has 1 fully saturated rings. The predicted octanol–water partition coefficient (Wildman–Crippen LogP) is 2.77. The summed E-state index contributed by atoms with van der Waals surface area (Å²) >= 11 is 7.04. The molecule has 1 aromatic heterocycles. The molecule has 0 saturated carbocycles. The van der Waals surface area contributed by atoms with Crippen molar-refractivity contribution in [3.8, 4) is 0 Å². The molecule has 38 heavy (non-hydrogen) atoms. The highest BCUT2D eigenvalue weighted by Gasteiger charge is 2.37. The number of anilines is 1. The highest BCUT2D eigenvalue weighted by Crippen LogP contribution is 2.32. The van der Waals surface area contributed by atoms with Gasteiger partial charge >= 0.3 is 0 Å². The van der Waals surface area contributed by atoms with Crippen molar-refractivity contribution < 1.29 is 32.3 Å². The normalized spacial score (nSPS) is 15.3. The summed E-state index contributed by atoms with van der Waals surface area (Å²) < 4.78 is 44.0. The number of carboxylic acid groups (broad SMARTS) is 1. The Kier molecular flexibility index (Phi) is 9.79. The van der Waals surface area contributed by atoms with Gasteiger partial charge < -0.3 is 20.2 Å². The minimum atomic E-state index is -3.97. The third kappa shape index (κ3) is 6.66. The number of thiophene rings is 1. The summed E-state index contributed by atoms with van der Waals surface area (Å²) in [5.74, 6) is -1.62. The lowest BCUT2D eigenvalue weighted by Gasteiger charge is -2.20. The molecule has 2 heterocycles. The van der Waals surface area contributed by atoms with Crippen LogP contribution in [-0.4, -0.2) is 76.5 Å². The molecule has 1 atom stereocenters. The van der Waals surface area contributed by atoms with E-state index in [0.29, 0.717) is 22.8 Å². The molecule has 14 heteroatoms. The third-order valence-electron chi connectivity index (χ3n) is 5.76. The van der Waals surface area contributed by atoms with E-state index >= 15 is 0 Å². The first-order valence-electron chi connectivity index (χ1n) is 11.3. The number of benzene rings is 2. The number of hydrogen-bond donors (Lipinski definition) is 3. The summed E-state index contributed by atoms with van der Waals surface area (Å²) in [5.41, 5.74) is 0.168. The monoisotopic (exact) mass is 584 g/mol. The molecule has 0 radical (unpaired) electrons. The smallest absolute Gasteiger partial charge is 0.290 e. The van der Waals surface area contributed by atoms with Crippen LogP contribution in [0.4, 0.5) is 10.1 Å². The molecule has 3 aromatic rings. The van der Waals surface area contributed by atoms with Crippen LogP contribution in [0.5, 0.6) is 0 Å². The van der Waals surface area contributed by atoms with Gasteiger partial charge in [-0.2, -0.15) is 4.72 Å². The fraction of sp³-hybridized carbons (Fsp3) is 0.292. The SMILES string of the molecule is CNCCN(C)C(=O)c1ccc(N2CCC(NS(=O)(=O)c3cc4ccc(Cl)cc4s3)C2=O)c(F)c1.O=CO. The van der Waals surface area contributed by atoms with Crippen molar-refractivity contribution in [3.63, 3.8) is 0 Å². The van der Waals surface area contributed by atoms with Crippen LogP contribution < -0.4 is 14.9 Å². The van der Waals surface area contributed by atoms with E-state index in [1.807, 2.05) is 0 Å². The number of carbonyl (C=O) groups is 3. The van der Waals surface area contributed by atoms with Crippen LogP contribution in [0, 0.1) is 5.82 Å². The Morgan fingerprint density at radius 2 is 2.00 bits per heavy atom. The van der Waals surface area contributed by atoms with E-state index in [-0.39, 0.29) is 40.8 Å². The molecule has 204 valence electrons. The van der Waals surface area contributed by atoms with Crippen molar-refractivity contribution in [2.45, 2.75) is 16.7 Å². The number of carbonyl (C=O) groups excluding carboxylic acids is 2. The van der Waals surface area contributed by atoms with Gasteiger partial charge in [0.1, 0.15) is 16.1 Å². The number of rotatable bonds is 8. The molecule has 10 nitrogen and oxygen atoms in total. The zero-order chi connectivity index (χ0) is 28.0. The zero-order valence-electron chi connectivity index (χ0n) is 20.5. The lowest BCUT2D eigenvalue weighted by atomic mass is 10.1. The summed E-state index contributed by atoms with van der Waals surface area (Å²) in [5, 5.41) is 11.1. The Morgan fingerprint density at radius 3 is 2.66 bits per heavy atom. The van der Waals surface area contributed by atoms with E-state index < -0.39 is 27.8 Å². The number of hydrogen-bond acceptors (Lipinski definition) is 7. The predicted molar refractivity (Wildman–Crippen MR) is 144 cm³/mol. The van der Waals surface area contributed by atoms with Crippen molar-refractivity contribution in [1.29, 1.82) is 0 Å². The van der Waals surface area contributed by atoms with Crippen LogP contribution in [-0.2, 0) is 19.6 Å².